The number of likely N-dealkylation sites (tertiary alicyclic amines) is 2. The lowest BCUT2D eigenvalue weighted by molar-refractivity contribution is 0.0631. The summed E-state index contributed by atoms with van der Waals surface area (Å²) in [5, 5.41) is 3.94. The van der Waals surface area contributed by atoms with Gasteiger partial charge in [-0.2, -0.15) is 0 Å². The molecule has 0 aromatic carbocycles. The molecule has 2 aliphatic heterocycles. The molecule has 2 fully saturated rings. The van der Waals surface area contributed by atoms with Crippen molar-refractivity contribution in [2.75, 3.05) is 26.2 Å². The molecule has 0 bridgehead atoms. The highest BCUT2D eigenvalue weighted by Crippen LogP contribution is 2.17. The zero-order chi connectivity index (χ0) is 13.5. The van der Waals surface area contributed by atoms with Gasteiger partial charge in [0.05, 0.1) is 12.3 Å². The Kier molecular flexibility index (Phi) is 6.62. The smallest absolute Gasteiger partial charge is 0.0606 e. The average Bonchev–Trinajstić information content (AvgIpc) is 2.50. The highest BCUT2D eigenvalue weighted by Gasteiger charge is 2.25. The third-order valence-electron chi connectivity index (χ3n) is 4.82. The van der Waals surface area contributed by atoms with Crippen LogP contribution in [0.15, 0.2) is 0 Å². The van der Waals surface area contributed by atoms with Crippen molar-refractivity contribution >= 4 is 0 Å². The van der Waals surface area contributed by atoms with Crippen molar-refractivity contribution in [3.05, 3.63) is 0 Å². The molecule has 1 N–H and O–H groups in total. The highest BCUT2D eigenvalue weighted by atomic mass is 15.4. The van der Waals surface area contributed by atoms with Crippen LogP contribution in [0.2, 0.25) is 0 Å². The van der Waals surface area contributed by atoms with Crippen LogP contribution in [0.4, 0.5) is 0 Å². The Morgan fingerprint density at radius 3 is 1.37 bits per heavy atom. The van der Waals surface area contributed by atoms with E-state index in [1.807, 2.05) is 0 Å². The van der Waals surface area contributed by atoms with Gasteiger partial charge >= 0.3 is 0 Å². The number of nitrogens with zero attached hydrogens (tertiary/aromatic N) is 2. The van der Waals surface area contributed by atoms with E-state index in [1.54, 1.807) is 0 Å². The first-order valence-electron chi connectivity index (χ1n) is 8.59. The summed E-state index contributed by atoms with van der Waals surface area (Å²) in [5.41, 5.74) is 0. The second kappa shape index (κ2) is 8.23. The van der Waals surface area contributed by atoms with Crippen molar-refractivity contribution < 1.29 is 0 Å². The standard InChI is InChI=1S/C16H33N3/c1-3-15(18-11-7-5-8-12-18)17-16(4-2)19-13-9-6-10-14-19/h15-17H,3-14H2,1-2H3. The van der Waals surface area contributed by atoms with E-state index in [2.05, 4.69) is 29.0 Å². The Hall–Kier alpha value is -0.120. The summed E-state index contributed by atoms with van der Waals surface area (Å²) in [6.45, 7) is 9.83. The van der Waals surface area contributed by atoms with Crippen LogP contribution in [-0.2, 0) is 0 Å². The van der Waals surface area contributed by atoms with E-state index in [1.165, 1.54) is 77.5 Å². The van der Waals surface area contributed by atoms with Gasteiger partial charge in [-0.15, -0.1) is 0 Å². The van der Waals surface area contributed by atoms with E-state index < -0.39 is 0 Å². The maximum atomic E-state index is 3.94. The minimum absolute atomic E-state index is 0.590. The van der Waals surface area contributed by atoms with Crippen LogP contribution in [0.3, 0.4) is 0 Å². The number of piperidine rings is 2. The van der Waals surface area contributed by atoms with E-state index >= 15 is 0 Å². The second-order valence-corrected chi connectivity index (χ2v) is 6.21. The molecule has 0 aliphatic carbocycles. The van der Waals surface area contributed by atoms with E-state index in [0.29, 0.717) is 12.3 Å². The first-order valence-corrected chi connectivity index (χ1v) is 8.59. The van der Waals surface area contributed by atoms with Gasteiger partial charge in [-0.25, -0.2) is 0 Å². The molecule has 2 atom stereocenters. The molecule has 0 aromatic rings. The Balaban J connectivity index is 1.86. The molecule has 2 unspecified atom stereocenters. The van der Waals surface area contributed by atoms with Gasteiger partial charge in [-0.05, 0) is 64.7 Å². The fourth-order valence-electron chi connectivity index (χ4n) is 3.65. The third kappa shape index (κ3) is 4.44. The van der Waals surface area contributed by atoms with Crippen LogP contribution in [0.5, 0.6) is 0 Å². The van der Waals surface area contributed by atoms with Crippen molar-refractivity contribution in [3.8, 4) is 0 Å². The van der Waals surface area contributed by atoms with Crippen molar-refractivity contribution in [1.29, 1.82) is 0 Å². The molecule has 0 radical (unpaired) electrons. The molecule has 2 rings (SSSR count). The Morgan fingerprint density at radius 1 is 0.684 bits per heavy atom. The Bertz CT molecular complexity index is 208. The second-order valence-electron chi connectivity index (χ2n) is 6.21. The monoisotopic (exact) mass is 267 g/mol. The minimum Gasteiger partial charge on any atom is -0.288 e. The lowest BCUT2D eigenvalue weighted by Crippen LogP contribution is -2.56. The SMILES string of the molecule is CCC(NC(CC)N1CCCCC1)N1CCCCC1. The average molecular weight is 267 g/mol. The Labute approximate surface area is 119 Å². The molecule has 2 aliphatic rings. The normalized spacial score (nSPS) is 26.2. The van der Waals surface area contributed by atoms with Crippen LogP contribution in [0.25, 0.3) is 0 Å². The van der Waals surface area contributed by atoms with Crippen molar-refractivity contribution in [2.24, 2.45) is 0 Å². The van der Waals surface area contributed by atoms with Gasteiger partial charge in [-0.1, -0.05) is 26.7 Å². The summed E-state index contributed by atoms with van der Waals surface area (Å²) in [7, 11) is 0. The number of nitrogens with one attached hydrogen (secondary N) is 1. The zero-order valence-corrected chi connectivity index (χ0v) is 13.0. The summed E-state index contributed by atoms with van der Waals surface area (Å²) in [6, 6.07) is 0. The molecule has 0 amide bonds. The van der Waals surface area contributed by atoms with Gasteiger partial charge in [0.1, 0.15) is 0 Å². The lowest BCUT2D eigenvalue weighted by atomic mass is 10.1. The summed E-state index contributed by atoms with van der Waals surface area (Å²) in [6.07, 6.45) is 12.0. The number of hydrogen-bond acceptors (Lipinski definition) is 3. The summed E-state index contributed by atoms with van der Waals surface area (Å²) in [4.78, 5) is 5.35. The predicted octanol–water partition coefficient (Wildman–Crippen LogP) is 3.02. The molecule has 0 saturated carbocycles. The van der Waals surface area contributed by atoms with Gasteiger partial charge in [0, 0.05) is 0 Å². The van der Waals surface area contributed by atoms with Gasteiger partial charge < -0.3 is 0 Å². The third-order valence-corrected chi connectivity index (χ3v) is 4.82. The molecular formula is C16H33N3. The summed E-state index contributed by atoms with van der Waals surface area (Å²) < 4.78 is 0. The van der Waals surface area contributed by atoms with Crippen molar-refractivity contribution in [3.63, 3.8) is 0 Å². The summed E-state index contributed by atoms with van der Waals surface area (Å²) in [5.74, 6) is 0. The molecule has 2 heterocycles. The van der Waals surface area contributed by atoms with Crippen LogP contribution >= 0.6 is 0 Å². The maximum absolute atomic E-state index is 3.94. The molecule has 2 saturated heterocycles. The molecular weight excluding hydrogens is 234 g/mol. The van der Waals surface area contributed by atoms with E-state index in [-0.39, 0.29) is 0 Å². The fraction of sp³-hybridized carbons (Fsp3) is 1.00. The first-order chi connectivity index (χ1) is 9.35. The van der Waals surface area contributed by atoms with Crippen LogP contribution in [0.1, 0.15) is 65.2 Å². The zero-order valence-electron chi connectivity index (χ0n) is 13.0. The number of rotatable bonds is 6. The van der Waals surface area contributed by atoms with Gasteiger partial charge in [-0.3, -0.25) is 15.1 Å². The van der Waals surface area contributed by atoms with Crippen molar-refractivity contribution in [1.82, 2.24) is 15.1 Å². The predicted molar refractivity (Wildman–Crippen MR) is 82.1 cm³/mol. The molecule has 19 heavy (non-hydrogen) atoms. The minimum atomic E-state index is 0.590. The lowest BCUT2D eigenvalue weighted by Gasteiger charge is -2.41. The quantitative estimate of drug-likeness (QED) is 0.798. The summed E-state index contributed by atoms with van der Waals surface area (Å²) >= 11 is 0. The molecule has 3 heteroatoms. The van der Waals surface area contributed by atoms with Gasteiger partial charge in [0.2, 0.25) is 0 Å². The maximum Gasteiger partial charge on any atom is 0.0606 e. The van der Waals surface area contributed by atoms with Gasteiger partial charge in [0.15, 0.2) is 0 Å². The number of hydrogen-bond donors (Lipinski definition) is 1. The van der Waals surface area contributed by atoms with Crippen molar-refractivity contribution in [2.45, 2.75) is 77.5 Å². The highest BCUT2D eigenvalue weighted by molar-refractivity contribution is 4.78. The van der Waals surface area contributed by atoms with Crippen LogP contribution < -0.4 is 5.32 Å². The van der Waals surface area contributed by atoms with E-state index in [4.69, 9.17) is 0 Å². The van der Waals surface area contributed by atoms with E-state index in [0.717, 1.165) is 0 Å². The topological polar surface area (TPSA) is 18.5 Å². The van der Waals surface area contributed by atoms with Gasteiger partial charge in [0.25, 0.3) is 0 Å². The van der Waals surface area contributed by atoms with Crippen LogP contribution in [-0.4, -0.2) is 48.3 Å². The largest absolute Gasteiger partial charge is 0.288 e. The molecule has 3 nitrogen and oxygen atoms in total. The van der Waals surface area contributed by atoms with Crippen LogP contribution in [0, 0.1) is 0 Å². The first kappa shape index (κ1) is 15.3. The fourth-order valence-corrected chi connectivity index (χ4v) is 3.65. The van der Waals surface area contributed by atoms with E-state index in [9.17, 15) is 0 Å². The Morgan fingerprint density at radius 2 is 1.05 bits per heavy atom. The molecule has 0 spiro atoms. The molecule has 0 aromatic heterocycles. The molecule has 112 valence electrons.